The topological polar surface area (TPSA) is 32.3 Å². The van der Waals surface area contributed by atoms with Gasteiger partial charge < -0.3 is 10.4 Å². The Bertz CT molecular complexity index is 531. The maximum atomic E-state index is 9.86. The minimum absolute atomic E-state index is 0.323. The third-order valence-electron chi connectivity index (χ3n) is 2.90. The van der Waals surface area contributed by atoms with Crippen LogP contribution in [0.2, 0.25) is 0 Å². The van der Waals surface area contributed by atoms with E-state index in [2.05, 4.69) is 41.2 Å². The van der Waals surface area contributed by atoms with E-state index in [1.807, 2.05) is 29.5 Å². The van der Waals surface area contributed by atoms with Crippen molar-refractivity contribution >= 4 is 27.3 Å². The molecule has 0 spiro atoms. The minimum Gasteiger partial charge on any atom is -0.506 e. The molecular formula is C14H16BrNOS. The Kier molecular flexibility index (Phi) is 4.43. The zero-order valence-corrected chi connectivity index (χ0v) is 12.9. The van der Waals surface area contributed by atoms with Crippen LogP contribution in [-0.4, -0.2) is 5.11 Å². The maximum absolute atomic E-state index is 9.86. The van der Waals surface area contributed by atoms with Crippen LogP contribution in [0.3, 0.4) is 0 Å². The number of phenols is 1. The van der Waals surface area contributed by atoms with Crippen LogP contribution < -0.4 is 5.32 Å². The molecule has 1 aromatic heterocycles. The summed E-state index contributed by atoms with van der Waals surface area (Å²) < 4.78 is 0.740. The molecule has 2 aromatic rings. The Morgan fingerprint density at radius 3 is 2.72 bits per heavy atom. The van der Waals surface area contributed by atoms with Gasteiger partial charge >= 0.3 is 0 Å². The molecule has 4 heteroatoms. The summed E-state index contributed by atoms with van der Waals surface area (Å²) in [5.74, 6) is 0.323. The zero-order chi connectivity index (χ0) is 13.1. The molecule has 0 atom stereocenters. The Morgan fingerprint density at radius 1 is 1.28 bits per heavy atom. The van der Waals surface area contributed by atoms with Gasteiger partial charge in [-0.3, -0.25) is 0 Å². The third kappa shape index (κ3) is 3.13. The van der Waals surface area contributed by atoms with Crippen LogP contribution in [0.25, 0.3) is 0 Å². The number of hydrogen-bond acceptors (Lipinski definition) is 3. The standard InChI is InChI=1S/C14H16BrNOS/c1-9-6-12(18-10(9)2)8-16-7-11-4-3-5-13(15)14(11)17/h3-6,16-17H,7-8H2,1-2H3. The van der Waals surface area contributed by atoms with Gasteiger partial charge in [0.2, 0.25) is 0 Å². The normalized spacial score (nSPS) is 10.8. The van der Waals surface area contributed by atoms with Crippen molar-refractivity contribution in [2.45, 2.75) is 26.9 Å². The lowest BCUT2D eigenvalue weighted by Crippen LogP contribution is -2.11. The Morgan fingerprint density at radius 2 is 2.06 bits per heavy atom. The number of para-hydroxylation sites is 1. The van der Waals surface area contributed by atoms with E-state index in [0.717, 1.165) is 16.6 Å². The van der Waals surface area contributed by atoms with E-state index in [1.54, 1.807) is 0 Å². The van der Waals surface area contributed by atoms with Gasteiger partial charge in [0, 0.05) is 28.4 Å². The third-order valence-corrected chi connectivity index (χ3v) is 4.69. The van der Waals surface area contributed by atoms with E-state index in [4.69, 9.17) is 0 Å². The van der Waals surface area contributed by atoms with Crippen molar-refractivity contribution in [1.82, 2.24) is 5.32 Å². The first-order chi connectivity index (χ1) is 8.58. The van der Waals surface area contributed by atoms with Gasteiger partial charge in [-0.05, 0) is 47.5 Å². The highest BCUT2D eigenvalue weighted by atomic mass is 79.9. The second-order valence-electron chi connectivity index (χ2n) is 4.30. The molecule has 2 N–H and O–H groups in total. The van der Waals surface area contributed by atoms with Crippen LogP contribution >= 0.6 is 27.3 Å². The molecular weight excluding hydrogens is 310 g/mol. The van der Waals surface area contributed by atoms with E-state index >= 15 is 0 Å². The molecule has 2 rings (SSSR count). The quantitative estimate of drug-likeness (QED) is 0.886. The maximum Gasteiger partial charge on any atom is 0.134 e. The fourth-order valence-corrected chi connectivity index (χ4v) is 3.19. The molecule has 1 heterocycles. The number of rotatable bonds is 4. The molecule has 96 valence electrons. The Balaban J connectivity index is 1.94. The van der Waals surface area contributed by atoms with Gasteiger partial charge in [-0.1, -0.05) is 12.1 Å². The van der Waals surface area contributed by atoms with Crippen molar-refractivity contribution in [2.75, 3.05) is 0 Å². The van der Waals surface area contributed by atoms with E-state index in [9.17, 15) is 5.11 Å². The molecule has 0 saturated heterocycles. The molecule has 0 aliphatic carbocycles. The highest BCUT2D eigenvalue weighted by Crippen LogP contribution is 2.27. The largest absolute Gasteiger partial charge is 0.506 e. The van der Waals surface area contributed by atoms with Gasteiger partial charge in [0.1, 0.15) is 5.75 Å². The number of aryl methyl sites for hydroxylation is 2. The molecule has 0 saturated carbocycles. The van der Waals surface area contributed by atoms with E-state index in [1.165, 1.54) is 15.3 Å². The van der Waals surface area contributed by atoms with E-state index < -0.39 is 0 Å². The minimum atomic E-state index is 0.323. The number of nitrogens with one attached hydrogen (secondary N) is 1. The molecule has 0 amide bonds. The van der Waals surface area contributed by atoms with Crippen molar-refractivity contribution < 1.29 is 5.11 Å². The van der Waals surface area contributed by atoms with Crippen LogP contribution in [0.5, 0.6) is 5.75 Å². The van der Waals surface area contributed by atoms with Crippen LogP contribution in [-0.2, 0) is 13.1 Å². The first-order valence-corrected chi connectivity index (χ1v) is 7.42. The molecule has 0 aliphatic heterocycles. The summed E-state index contributed by atoms with van der Waals surface area (Å²) in [7, 11) is 0. The van der Waals surface area contributed by atoms with Crippen LogP contribution in [0.1, 0.15) is 20.9 Å². The fourth-order valence-electron chi connectivity index (χ4n) is 1.76. The smallest absolute Gasteiger partial charge is 0.134 e. The summed E-state index contributed by atoms with van der Waals surface area (Å²) in [6.45, 7) is 5.78. The summed E-state index contributed by atoms with van der Waals surface area (Å²) >= 11 is 5.14. The monoisotopic (exact) mass is 325 g/mol. The van der Waals surface area contributed by atoms with Crippen molar-refractivity contribution in [3.05, 3.63) is 49.6 Å². The molecule has 0 fully saturated rings. The number of aromatic hydroxyl groups is 1. The number of thiophene rings is 1. The molecule has 0 aliphatic rings. The first-order valence-electron chi connectivity index (χ1n) is 5.81. The summed E-state index contributed by atoms with van der Waals surface area (Å²) in [6, 6.07) is 7.91. The van der Waals surface area contributed by atoms with E-state index in [0.29, 0.717) is 12.3 Å². The molecule has 1 aromatic carbocycles. The average molecular weight is 326 g/mol. The lowest BCUT2D eigenvalue weighted by molar-refractivity contribution is 0.461. The van der Waals surface area contributed by atoms with E-state index in [-0.39, 0.29) is 0 Å². The number of phenolic OH excluding ortho intramolecular Hbond substituents is 1. The number of halogens is 1. The van der Waals surface area contributed by atoms with Gasteiger partial charge in [0.05, 0.1) is 4.47 Å². The summed E-state index contributed by atoms with van der Waals surface area (Å²) in [4.78, 5) is 2.71. The lowest BCUT2D eigenvalue weighted by atomic mass is 10.2. The van der Waals surface area contributed by atoms with Crippen molar-refractivity contribution in [3.63, 3.8) is 0 Å². The zero-order valence-electron chi connectivity index (χ0n) is 10.5. The first kappa shape index (κ1) is 13.6. The summed E-state index contributed by atoms with van der Waals surface area (Å²) in [6.07, 6.45) is 0. The van der Waals surface area contributed by atoms with Crippen LogP contribution in [0.4, 0.5) is 0 Å². The van der Waals surface area contributed by atoms with Crippen molar-refractivity contribution in [1.29, 1.82) is 0 Å². The molecule has 0 bridgehead atoms. The molecule has 0 unspecified atom stereocenters. The van der Waals surface area contributed by atoms with Gasteiger partial charge in [0.15, 0.2) is 0 Å². The fraction of sp³-hybridized carbons (Fsp3) is 0.286. The lowest BCUT2D eigenvalue weighted by Gasteiger charge is -2.07. The SMILES string of the molecule is Cc1cc(CNCc2cccc(Br)c2O)sc1C. The van der Waals surface area contributed by atoms with Gasteiger partial charge in [-0.2, -0.15) is 0 Å². The van der Waals surface area contributed by atoms with Gasteiger partial charge in [0.25, 0.3) is 0 Å². The van der Waals surface area contributed by atoms with Crippen LogP contribution in [0.15, 0.2) is 28.7 Å². The van der Waals surface area contributed by atoms with Crippen molar-refractivity contribution in [3.8, 4) is 5.75 Å². The Labute approximate surface area is 120 Å². The second-order valence-corrected chi connectivity index (χ2v) is 6.50. The van der Waals surface area contributed by atoms with Gasteiger partial charge in [-0.15, -0.1) is 11.3 Å². The molecule has 2 nitrogen and oxygen atoms in total. The Hall–Kier alpha value is -0.840. The number of hydrogen-bond donors (Lipinski definition) is 2. The highest BCUT2D eigenvalue weighted by Gasteiger charge is 2.05. The summed E-state index contributed by atoms with van der Waals surface area (Å²) in [5.41, 5.74) is 2.26. The highest BCUT2D eigenvalue weighted by molar-refractivity contribution is 9.10. The second kappa shape index (κ2) is 5.87. The molecule has 18 heavy (non-hydrogen) atoms. The summed E-state index contributed by atoms with van der Waals surface area (Å²) in [5, 5.41) is 13.2. The predicted molar refractivity (Wildman–Crippen MR) is 80.1 cm³/mol. The average Bonchev–Trinajstić information content (AvgIpc) is 2.64. The predicted octanol–water partition coefficient (Wildman–Crippen LogP) is 4.12. The van der Waals surface area contributed by atoms with Gasteiger partial charge in [-0.25, -0.2) is 0 Å². The van der Waals surface area contributed by atoms with Crippen LogP contribution in [0, 0.1) is 13.8 Å². The molecule has 0 radical (unpaired) electrons. The number of benzene rings is 1. The van der Waals surface area contributed by atoms with Crippen molar-refractivity contribution in [2.24, 2.45) is 0 Å².